The second kappa shape index (κ2) is 9.75. The van der Waals surface area contributed by atoms with Crippen LogP contribution < -0.4 is 11.0 Å². The maximum Gasteiger partial charge on any atom is 0.326 e. The first-order chi connectivity index (χ1) is 18.8. The average Bonchev–Trinajstić information content (AvgIpc) is 3.34. The van der Waals surface area contributed by atoms with Crippen LogP contribution in [-0.4, -0.2) is 60.4 Å². The number of carbonyl (C=O) groups is 2. The molecule has 0 radical (unpaired) electrons. The highest BCUT2D eigenvalue weighted by atomic mass is 19.1. The lowest BCUT2D eigenvalue weighted by atomic mass is 9.95. The molecule has 6 rings (SSSR count). The van der Waals surface area contributed by atoms with Crippen LogP contribution in [0, 0.1) is 5.82 Å². The van der Waals surface area contributed by atoms with Crippen LogP contribution in [0.25, 0.3) is 11.0 Å². The molecule has 0 bridgehead atoms. The van der Waals surface area contributed by atoms with Crippen LogP contribution in [-0.2, 0) is 23.1 Å². The summed E-state index contributed by atoms with van der Waals surface area (Å²) in [6.45, 7) is -0.213. The largest absolute Gasteiger partial charge is 0.343 e. The van der Waals surface area contributed by atoms with Crippen molar-refractivity contribution in [1.82, 2.24) is 35.2 Å². The van der Waals surface area contributed by atoms with Crippen molar-refractivity contribution < 1.29 is 18.4 Å². The molecule has 39 heavy (non-hydrogen) atoms. The van der Waals surface area contributed by atoms with Gasteiger partial charge in [-0.3, -0.25) is 19.3 Å². The van der Waals surface area contributed by atoms with Gasteiger partial charge in [-0.1, -0.05) is 29.5 Å². The normalized spacial score (nSPS) is 19.9. The number of para-hydroxylation sites is 1. The average molecular weight is 536 g/mol. The Bertz CT molecular complexity index is 1610. The fourth-order valence-corrected chi connectivity index (χ4v) is 5.42. The first-order valence-electron chi connectivity index (χ1n) is 12.9. The summed E-state index contributed by atoms with van der Waals surface area (Å²) in [5, 5.41) is 12.8. The molecule has 3 N–H and O–H groups in total. The summed E-state index contributed by atoms with van der Waals surface area (Å²) in [5.41, 5.74) is 2.88. The number of hydrogen-bond acceptors (Lipinski definition) is 5. The monoisotopic (exact) mass is 535 g/mol. The van der Waals surface area contributed by atoms with Gasteiger partial charge in [-0.25, -0.2) is 13.6 Å². The number of hydrogen-bond donors (Lipinski definition) is 3. The van der Waals surface area contributed by atoms with Crippen molar-refractivity contribution >= 4 is 22.8 Å². The number of benzene rings is 2. The van der Waals surface area contributed by atoms with E-state index in [0.29, 0.717) is 33.4 Å². The minimum Gasteiger partial charge on any atom is -0.343 e. The van der Waals surface area contributed by atoms with Crippen LogP contribution in [0.5, 0.6) is 0 Å². The van der Waals surface area contributed by atoms with E-state index < -0.39 is 30.1 Å². The summed E-state index contributed by atoms with van der Waals surface area (Å²) < 4.78 is 31.1. The first-order valence-corrected chi connectivity index (χ1v) is 12.9. The number of aryl methyl sites for hydroxylation is 1. The number of rotatable bonds is 7. The van der Waals surface area contributed by atoms with E-state index in [4.69, 9.17) is 0 Å². The standard InChI is InChI=1S/C27H27F2N7O3/c1-35-21-4-2-3-19(25(21)32-27(35)39)24(15-7-8-18(14-5-6-14)20(29)9-15)31-26(38)22-10-16(28)13-36(22)23(37)11-17-12-30-34-33-17/h2-4,7-9,12,14,16,22,24H,5-6,10-11,13H2,1H3,(H,31,38)(H,32,39)(H,30,33,34). The summed E-state index contributed by atoms with van der Waals surface area (Å²) in [5.74, 6) is -1.17. The summed E-state index contributed by atoms with van der Waals surface area (Å²) in [4.78, 5) is 43.1. The predicted molar refractivity (Wildman–Crippen MR) is 137 cm³/mol. The predicted octanol–water partition coefficient (Wildman–Crippen LogP) is 2.39. The maximum absolute atomic E-state index is 15.1. The van der Waals surface area contributed by atoms with Crippen molar-refractivity contribution in [1.29, 1.82) is 0 Å². The van der Waals surface area contributed by atoms with Gasteiger partial charge in [0, 0.05) is 19.0 Å². The van der Waals surface area contributed by atoms with E-state index in [2.05, 4.69) is 25.7 Å². The number of alkyl halides is 1. The van der Waals surface area contributed by atoms with Crippen molar-refractivity contribution in [2.45, 2.75) is 49.9 Å². The molecule has 202 valence electrons. The zero-order valence-electron chi connectivity index (χ0n) is 21.2. The van der Waals surface area contributed by atoms with Crippen LogP contribution in [0.4, 0.5) is 8.78 Å². The van der Waals surface area contributed by atoms with Gasteiger partial charge in [-0.05, 0) is 42.0 Å². The second-order valence-corrected chi connectivity index (χ2v) is 10.3. The summed E-state index contributed by atoms with van der Waals surface area (Å²) >= 11 is 0. The van der Waals surface area contributed by atoms with Gasteiger partial charge in [0.05, 0.1) is 41.9 Å². The molecular weight excluding hydrogens is 508 g/mol. The SMILES string of the molecule is Cn1c(=O)[nH]c2c(C(NC(=O)C3CC(F)CN3C(=O)Cc3cnn[nH]3)c3ccc(C4CC4)c(F)c3)cccc21. The van der Waals surface area contributed by atoms with Crippen LogP contribution in [0.1, 0.15) is 53.6 Å². The fraction of sp³-hybridized carbons (Fsp3) is 0.370. The summed E-state index contributed by atoms with van der Waals surface area (Å²) in [6.07, 6.45) is 1.63. The third-order valence-corrected chi connectivity index (χ3v) is 7.62. The van der Waals surface area contributed by atoms with E-state index in [1.54, 1.807) is 37.4 Å². The molecular formula is C27H27F2N7O3. The van der Waals surface area contributed by atoms with E-state index in [9.17, 15) is 18.8 Å². The fourth-order valence-electron chi connectivity index (χ4n) is 5.42. The number of likely N-dealkylation sites (tertiary alicyclic amines) is 1. The molecule has 0 spiro atoms. The highest BCUT2D eigenvalue weighted by Crippen LogP contribution is 2.42. The minimum atomic E-state index is -1.37. The molecule has 1 saturated heterocycles. The van der Waals surface area contributed by atoms with Crippen LogP contribution in [0.3, 0.4) is 0 Å². The van der Waals surface area contributed by atoms with Gasteiger partial charge < -0.3 is 15.2 Å². The molecule has 4 aromatic rings. The maximum atomic E-state index is 15.1. The molecule has 1 aliphatic carbocycles. The van der Waals surface area contributed by atoms with E-state index in [0.717, 1.165) is 12.8 Å². The van der Waals surface area contributed by atoms with Gasteiger partial charge in [0.25, 0.3) is 0 Å². The van der Waals surface area contributed by atoms with Gasteiger partial charge in [0.2, 0.25) is 11.8 Å². The molecule has 12 heteroatoms. The van der Waals surface area contributed by atoms with Gasteiger partial charge in [-0.2, -0.15) is 0 Å². The highest BCUT2D eigenvalue weighted by molar-refractivity contribution is 5.90. The van der Waals surface area contributed by atoms with Crippen LogP contribution in [0.2, 0.25) is 0 Å². The first kappa shape index (κ1) is 25.0. The molecule has 2 aliphatic rings. The Labute approximate surface area is 221 Å². The van der Waals surface area contributed by atoms with Crippen molar-refractivity contribution in [3.05, 3.63) is 81.3 Å². The molecule has 2 amide bonds. The van der Waals surface area contributed by atoms with Crippen LogP contribution in [0.15, 0.2) is 47.4 Å². The third-order valence-electron chi connectivity index (χ3n) is 7.62. The van der Waals surface area contributed by atoms with Crippen molar-refractivity contribution in [2.75, 3.05) is 6.54 Å². The molecule has 3 heterocycles. The van der Waals surface area contributed by atoms with E-state index in [1.807, 2.05) is 0 Å². The van der Waals surface area contributed by atoms with Crippen molar-refractivity contribution in [3.63, 3.8) is 0 Å². The molecule has 2 fully saturated rings. The summed E-state index contributed by atoms with van der Waals surface area (Å²) in [7, 11) is 1.63. The topological polar surface area (TPSA) is 129 Å². The molecule has 2 aromatic heterocycles. The molecule has 1 saturated carbocycles. The highest BCUT2D eigenvalue weighted by Gasteiger charge is 2.41. The zero-order valence-corrected chi connectivity index (χ0v) is 21.2. The number of carbonyl (C=O) groups excluding carboxylic acids is 2. The Kier molecular flexibility index (Phi) is 6.24. The lowest BCUT2D eigenvalue weighted by Gasteiger charge is -2.27. The number of fused-ring (bicyclic) bond motifs is 1. The van der Waals surface area contributed by atoms with Crippen molar-refractivity contribution in [2.24, 2.45) is 7.05 Å². The summed E-state index contributed by atoms with van der Waals surface area (Å²) in [6, 6.07) is 8.24. The Hall–Kier alpha value is -4.35. The van der Waals surface area contributed by atoms with E-state index >= 15 is 4.39 Å². The van der Waals surface area contributed by atoms with E-state index in [1.165, 1.54) is 21.7 Å². The van der Waals surface area contributed by atoms with Gasteiger partial charge in [-0.15, -0.1) is 5.10 Å². The van der Waals surface area contributed by atoms with Gasteiger partial charge in [0.15, 0.2) is 0 Å². The number of halogens is 2. The number of imidazole rings is 1. The number of H-pyrrole nitrogens is 2. The third kappa shape index (κ3) is 4.70. The Morgan fingerprint density at radius 1 is 1.23 bits per heavy atom. The number of aromatic amines is 2. The molecule has 10 nitrogen and oxygen atoms in total. The molecule has 2 aromatic carbocycles. The molecule has 3 atom stereocenters. The number of amides is 2. The minimum absolute atomic E-state index is 0.106. The van der Waals surface area contributed by atoms with Crippen molar-refractivity contribution in [3.8, 4) is 0 Å². The zero-order chi connectivity index (χ0) is 27.3. The van der Waals surface area contributed by atoms with Crippen LogP contribution >= 0.6 is 0 Å². The lowest BCUT2D eigenvalue weighted by molar-refractivity contribution is -0.138. The van der Waals surface area contributed by atoms with Gasteiger partial charge >= 0.3 is 5.69 Å². The Balaban J connectivity index is 1.35. The molecule has 3 unspecified atom stereocenters. The lowest BCUT2D eigenvalue weighted by Crippen LogP contribution is -2.47. The number of nitrogens with zero attached hydrogens (tertiary/aromatic N) is 4. The second-order valence-electron chi connectivity index (χ2n) is 10.3. The van der Waals surface area contributed by atoms with E-state index in [-0.39, 0.29) is 36.8 Å². The molecule has 1 aliphatic heterocycles. The number of nitrogens with one attached hydrogen (secondary N) is 3. The Morgan fingerprint density at radius 3 is 2.77 bits per heavy atom. The number of aromatic nitrogens is 5. The Morgan fingerprint density at radius 2 is 2.05 bits per heavy atom. The van der Waals surface area contributed by atoms with Gasteiger partial charge in [0.1, 0.15) is 18.0 Å². The smallest absolute Gasteiger partial charge is 0.326 e. The quantitative estimate of drug-likeness (QED) is 0.335.